The van der Waals surface area contributed by atoms with Crippen LogP contribution in [0.1, 0.15) is 52.7 Å². The van der Waals surface area contributed by atoms with E-state index in [-0.39, 0.29) is 18.1 Å². The molecule has 4 unspecified atom stereocenters. The molecule has 0 spiro atoms. The highest BCUT2D eigenvalue weighted by Crippen LogP contribution is 2.49. The Bertz CT molecular complexity index is 1340. The predicted octanol–water partition coefficient (Wildman–Crippen LogP) is 6.06. The Morgan fingerprint density at radius 1 is 1.25 bits per heavy atom. The average Bonchev–Trinajstić information content (AvgIpc) is 3.58. The van der Waals surface area contributed by atoms with Gasteiger partial charge in [-0.1, -0.05) is 50.8 Å². The highest BCUT2D eigenvalue weighted by atomic mass is 32.1. The van der Waals surface area contributed by atoms with Gasteiger partial charge < -0.3 is 14.2 Å². The summed E-state index contributed by atoms with van der Waals surface area (Å²) < 4.78 is 17.6. The summed E-state index contributed by atoms with van der Waals surface area (Å²) in [6.07, 6.45) is 0.132. The third-order valence-corrected chi connectivity index (χ3v) is 7.69. The van der Waals surface area contributed by atoms with Gasteiger partial charge in [0.15, 0.2) is 6.10 Å². The van der Waals surface area contributed by atoms with E-state index in [1.807, 2.05) is 24.3 Å². The van der Waals surface area contributed by atoms with E-state index in [0.717, 1.165) is 17.6 Å². The predicted molar refractivity (Wildman–Crippen MR) is 138 cm³/mol. The number of nitrogens with zero attached hydrogens (tertiary/aromatic N) is 2. The molecule has 0 N–H and O–H groups in total. The lowest BCUT2D eigenvalue weighted by Crippen LogP contribution is -2.33. The number of esters is 1. The molecule has 0 radical (unpaired) electrons. The molecule has 6 nitrogen and oxygen atoms in total. The molecule has 184 valence electrons. The Hall–Kier alpha value is -3.47. The molecule has 1 aliphatic heterocycles. The fourth-order valence-electron chi connectivity index (χ4n) is 4.62. The van der Waals surface area contributed by atoms with Crippen LogP contribution in [0, 0.1) is 24.2 Å². The minimum absolute atomic E-state index is 0.0367. The fourth-order valence-corrected chi connectivity index (χ4v) is 5.57. The molecule has 2 aromatic carbocycles. The average molecular weight is 501 g/mol. The van der Waals surface area contributed by atoms with Gasteiger partial charge in [0.05, 0.1) is 24.0 Å². The fraction of sp³-hybridized carbons (Fsp3) is 0.345. The number of benzene rings is 2. The Kier molecular flexibility index (Phi) is 6.65. The Morgan fingerprint density at radius 3 is 2.75 bits per heavy atom. The Balaban J connectivity index is 1.29. The zero-order chi connectivity index (χ0) is 25.4. The van der Waals surface area contributed by atoms with Crippen LogP contribution in [0.4, 0.5) is 0 Å². The van der Waals surface area contributed by atoms with Gasteiger partial charge in [-0.05, 0) is 48.6 Å². The van der Waals surface area contributed by atoms with E-state index in [1.54, 1.807) is 19.1 Å². The van der Waals surface area contributed by atoms with Crippen molar-refractivity contribution in [3.63, 3.8) is 0 Å². The first kappa shape index (κ1) is 24.2. The molecule has 4 atom stereocenters. The number of thiazole rings is 1. The second-order valence-corrected chi connectivity index (χ2v) is 10.7. The van der Waals surface area contributed by atoms with E-state index in [0.29, 0.717) is 39.4 Å². The number of carbonyl (C=O) groups excluding carboxylic acids is 1. The smallest absolute Gasteiger partial charge is 0.350 e. The zero-order valence-corrected chi connectivity index (χ0v) is 21.4. The van der Waals surface area contributed by atoms with Crippen molar-refractivity contribution in [2.24, 2.45) is 5.92 Å². The van der Waals surface area contributed by atoms with Gasteiger partial charge in [-0.2, -0.15) is 5.26 Å². The summed E-state index contributed by atoms with van der Waals surface area (Å²) >= 11 is 1.26. The van der Waals surface area contributed by atoms with Crippen LogP contribution in [-0.2, 0) is 9.47 Å². The van der Waals surface area contributed by atoms with E-state index >= 15 is 0 Å². The Labute approximate surface area is 215 Å². The molecular weight excluding hydrogens is 472 g/mol. The SMILES string of the molecule is C=C1CC(c2ccccc2)C2OC2C1OC(=O)c1sc(-c2ccc(OCC(C)C)c(C#N)c2)nc1C. The first-order chi connectivity index (χ1) is 17.4. The lowest BCUT2D eigenvalue weighted by molar-refractivity contribution is 0.0310. The number of rotatable bonds is 7. The van der Waals surface area contributed by atoms with Crippen LogP contribution in [0.15, 0.2) is 60.7 Å². The number of fused-ring (bicyclic) bond motifs is 1. The van der Waals surface area contributed by atoms with Gasteiger partial charge >= 0.3 is 5.97 Å². The minimum atomic E-state index is -0.463. The van der Waals surface area contributed by atoms with E-state index in [4.69, 9.17) is 14.2 Å². The molecule has 2 aliphatic rings. The van der Waals surface area contributed by atoms with Crippen molar-refractivity contribution >= 4 is 17.3 Å². The molecule has 1 saturated heterocycles. The molecule has 1 aliphatic carbocycles. The van der Waals surface area contributed by atoms with Crippen molar-refractivity contribution in [1.82, 2.24) is 4.98 Å². The second-order valence-electron chi connectivity index (χ2n) is 9.73. The topological polar surface area (TPSA) is 84.7 Å². The molecular formula is C29H28N2O4S. The lowest BCUT2D eigenvalue weighted by Gasteiger charge is -2.27. The van der Waals surface area contributed by atoms with Crippen LogP contribution >= 0.6 is 11.3 Å². The summed E-state index contributed by atoms with van der Waals surface area (Å²) in [5.74, 6) is 0.711. The summed E-state index contributed by atoms with van der Waals surface area (Å²) in [5.41, 5.74) is 3.88. The first-order valence-corrected chi connectivity index (χ1v) is 12.9. The number of nitriles is 1. The number of carbonyl (C=O) groups is 1. The third kappa shape index (κ3) is 4.79. The van der Waals surface area contributed by atoms with Crippen molar-refractivity contribution < 1.29 is 19.0 Å². The standard InChI is InChI=1S/C29H28N2O4S/c1-16(2)15-33-23-11-10-20(13-21(23)14-30)28-31-18(4)27(36-28)29(32)35-24-17(3)12-22(25-26(24)34-25)19-8-6-5-7-9-19/h5-11,13,16,22,24-26H,3,12,15H2,1-2,4H3. The molecule has 3 aromatic rings. The summed E-state index contributed by atoms with van der Waals surface area (Å²) in [7, 11) is 0. The second kappa shape index (κ2) is 9.88. The van der Waals surface area contributed by atoms with Crippen molar-refractivity contribution in [2.75, 3.05) is 6.61 Å². The normalized spacial score (nSPS) is 22.6. The van der Waals surface area contributed by atoms with E-state index in [9.17, 15) is 10.1 Å². The molecule has 1 saturated carbocycles. The number of hydrogen-bond donors (Lipinski definition) is 0. The molecule has 2 fully saturated rings. The van der Waals surface area contributed by atoms with Crippen molar-refractivity contribution in [3.8, 4) is 22.4 Å². The van der Waals surface area contributed by atoms with Gasteiger partial charge in [0, 0.05) is 11.5 Å². The monoisotopic (exact) mass is 500 g/mol. The molecule has 2 heterocycles. The van der Waals surface area contributed by atoms with Crippen molar-refractivity contribution in [3.05, 3.63) is 82.4 Å². The maximum absolute atomic E-state index is 13.1. The third-order valence-electron chi connectivity index (χ3n) is 6.50. The van der Waals surface area contributed by atoms with Gasteiger partial charge in [0.2, 0.25) is 0 Å². The van der Waals surface area contributed by atoms with Crippen LogP contribution in [0.25, 0.3) is 10.6 Å². The molecule has 36 heavy (non-hydrogen) atoms. The summed E-state index contributed by atoms with van der Waals surface area (Å²) in [6, 6.07) is 17.8. The number of aryl methyl sites for hydroxylation is 1. The summed E-state index contributed by atoms with van der Waals surface area (Å²) in [5, 5.41) is 10.2. The molecule has 0 amide bonds. The van der Waals surface area contributed by atoms with E-state index in [2.05, 4.69) is 43.6 Å². The molecule has 1 aromatic heterocycles. The quantitative estimate of drug-likeness (QED) is 0.223. The molecule has 0 bridgehead atoms. The number of aromatic nitrogens is 1. The van der Waals surface area contributed by atoms with Crippen LogP contribution in [0.5, 0.6) is 5.75 Å². The van der Waals surface area contributed by atoms with Crippen molar-refractivity contribution in [2.45, 2.75) is 51.4 Å². The van der Waals surface area contributed by atoms with E-state index in [1.165, 1.54) is 16.9 Å². The highest BCUT2D eigenvalue weighted by molar-refractivity contribution is 7.17. The highest BCUT2D eigenvalue weighted by Gasteiger charge is 2.56. The summed E-state index contributed by atoms with van der Waals surface area (Å²) in [6.45, 7) is 10.6. The van der Waals surface area contributed by atoms with Gasteiger partial charge in [0.25, 0.3) is 0 Å². The maximum atomic E-state index is 13.1. The van der Waals surface area contributed by atoms with Gasteiger partial charge in [-0.3, -0.25) is 0 Å². The van der Waals surface area contributed by atoms with Crippen LogP contribution in [-0.4, -0.2) is 35.9 Å². The molecule has 5 rings (SSSR count). The number of hydrogen-bond acceptors (Lipinski definition) is 7. The van der Waals surface area contributed by atoms with Crippen LogP contribution < -0.4 is 4.74 Å². The van der Waals surface area contributed by atoms with Crippen LogP contribution in [0.2, 0.25) is 0 Å². The van der Waals surface area contributed by atoms with E-state index < -0.39 is 12.1 Å². The largest absolute Gasteiger partial charge is 0.492 e. The van der Waals surface area contributed by atoms with Gasteiger partial charge in [0.1, 0.15) is 27.8 Å². The van der Waals surface area contributed by atoms with Gasteiger partial charge in [-0.15, -0.1) is 11.3 Å². The van der Waals surface area contributed by atoms with Crippen molar-refractivity contribution in [1.29, 1.82) is 5.26 Å². The number of ether oxygens (including phenoxy) is 3. The number of epoxide rings is 1. The first-order valence-electron chi connectivity index (χ1n) is 12.1. The summed E-state index contributed by atoms with van der Waals surface area (Å²) in [4.78, 5) is 18.2. The minimum Gasteiger partial charge on any atom is -0.492 e. The van der Waals surface area contributed by atoms with Gasteiger partial charge in [-0.25, -0.2) is 9.78 Å². The zero-order valence-electron chi connectivity index (χ0n) is 20.6. The van der Waals surface area contributed by atoms with Crippen LogP contribution in [0.3, 0.4) is 0 Å². The lowest BCUT2D eigenvalue weighted by atomic mass is 9.80. The maximum Gasteiger partial charge on any atom is 0.350 e. The Morgan fingerprint density at radius 2 is 2.03 bits per heavy atom. The molecule has 7 heteroatoms.